The van der Waals surface area contributed by atoms with E-state index in [1.165, 1.54) is 19.2 Å². The number of benzene rings is 1. The monoisotopic (exact) mass is 420 g/mol. The van der Waals surface area contributed by atoms with Gasteiger partial charge < -0.3 is 14.4 Å². The number of hydrogen-bond donors (Lipinski definition) is 1. The summed E-state index contributed by atoms with van der Waals surface area (Å²) in [4.78, 5) is 16.5. The summed E-state index contributed by atoms with van der Waals surface area (Å²) in [7, 11) is 1.31. The number of rotatable bonds is 2. The number of carbonyl (C=O) groups excluding carboxylic acids is 1. The third-order valence-corrected chi connectivity index (χ3v) is 5.87. The molecule has 0 saturated carbocycles. The topological polar surface area (TPSA) is 73.0 Å². The maximum absolute atomic E-state index is 13.1. The van der Waals surface area contributed by atoms with Gasteiger partial charge in [0, 0.05) is 24.7 Å². The van der Waals surface area contributed by atoms with E-state index in [1.807, 2.05) is 0 Å². The summed E-state index contributed by atoms with van der Waals surface area (Å²) in [5.74, 6) is -0.294. The van der Waals surface area contributed by atoms with Gasteiger partial charge in [0.05, 0.1) is 11.0 Å². The molecule has 0 fully saturated rings. The van der Waals surface area contributed by atoms with Crippen molar-refractivity contribution in [3.8, 4) is 0 Å². The number of alkyl halides is 3. The molecule has 0 radical (unpaired) electrons. The lowest BCUT2D eigenvalue weighted by atomic mass is 9.71. The van der Waals surface area contributed by atoms with Crippen LogP contribution in [0, 0.1) is 11.3 Å². The van der Waals surface area contributed by atoms with Crippen molar-refractivity contribution in [1.29, 1.82) is 0 Å². The fraction of sp³-hybridized carbons (Fsp3) is 0.476. The van der Waals surface area contributed by atoms with Gasteiger partial charge in [0.1, 0.15) is 5.76 Å². The third kappa shape index (κ3) is 3.57. The number of nitrogens with zero attached hydrogens (tertiary/aromatic N) is 3. The number of anilines is 1. The van der Waals surface area contributed by atoms with E-state index in [9.17, 15) is 18.0 Å². The van der Waals surface area contributed by atoms with E-state index < -0.39 is 17.9 Å². The first-order valence-electron chi connectivity index (χ1n) is 9.77. The predicted octanol–water partition coefficient (Wildman–Crippen LogP) is 4.98. The number of amides is 1. The molecule has 0 saturated heterocycles. The molecule has 1 aromatic carbocycles. The van der Waals surface area contributed by atoms with Crippen molar-refractivity contribution in [3.05, 3.63) is 41.0 Å². The first-order valence-corrected chi connectivity index (χ1v) is 9.77. The Bertz CT molecular complexity index is 1120. The molecule has 9 heteroatoms. The normalized spacial score (nSPS) is 17.2. The highest BCUT2D eigenvalue weighted by Crippen LogP contribution is 2.38. The van der Waals surface area contributed by atoms with Crippen molar-refractivity contribution >= 4 is 22.6 Å². The highest BCUT2D eigenvalue weighted by molar-refractivity contribution is 6.04. The van der Waals surface area contributed by atoms with Crippen LogP contribution in [0.3, 0.4) is 0 Å². The van der Waals surface area contributed by atoms with E-state index in [0.29, 0.717) is 23.5 Å². The predicted molar refractivity (Wildman–Crippen MR) is 105 cm³/mol. The van der Waals surface area contributed by atoms with Crippen LogP contribution >= 0.6 is 0 Å². The molecule has 2 heterocycles. The van der Waals surface area contributed by atoms with Crippen molar-refractivity contribution in [2.45, 2.75) is 46.2 Å². The molecule has 1 N–H and O–H groups in total. The minimum Gasteiger partial charge on any atom is -0.360 e. The number of aryl methyl sites for hydroxylation is 2. The van der Waals surface area contributed by atoms with Gasteiger partial charge in [0.2, 0.25) is 5.82 Å². The van der Waals surface area contributed by atoms with Crippen molar-refractivity contribution in [2.75, 3.05) is 5.32 Å². The molecule has 0 aliphatic heterocycles. The Morgan fingerprint density at radius 3 is 2.67 bits per heavy atom. The molecule has 30 heavy (non-hydrogen) atoms. The standard InChI is InChI=1S/C21H23F3N4O2/c1-20(2,3)11-5-8-16-13(9-11)17(27-30-16)18(29)25-12-6-7-15-14(10-12)26-19(28(15)4)21(22,23)24/h6-7,10-11H,5,8-9H2,1-4H3,(H,25,29)/t11-/m1/s1. The van der Waals surface area contributed by atoms with Gasteiger partial charge in [-0.15, -0.1) is 0 Å². The quantitative estimate of drug-likeness (QED) is 0.634. The van der Waals surface area contributed by atoms with Crippen molar-refractivity contribution < 1.29 is 22.5 Å². The summed E-state index contributed by atoms with van der Waals surface area (Å²) < 4.78 is 45.6. The van der Waals surface area contributed by atoms with E-state index in [0.717, 1.165) is 28.7 Å². The molecule has 1 atom stereocenters. The number of fused-ring (bicyclic) bond motifs is 2. The highest BCUT2D eigenvalue weighted by Gasteiger charge is 2.37. The number of nitrogens with one attached hydrogen (secondary N) is 1. The Morgan fingerprint density at radius 2 is 2.00 bits per heavy atom. The van der Waals surface area contributed by atoms with Crippen LogP contribution in [0.5, 0.6) is 0 Å². The van der Waals surface area contributed by atoms with E-state index in [2.05, 4.69) is 36.2 Å². The van der Waals surface area contributed by atoms with Gasteiger partial charge in [0.25, 0.3) is 5.91 Å². The van der Waals surface area contributed by atoms with Gasteiger partial charge in [-0.3, -0.25) is 4.79 Å². The van der Waals surface area contributed by atoms with Gasteiger partial charge in [-0.05, 0) is 42.4 Å². The Hall–Kier alpha value is -2.84. The lowest BCUT2D eigenvalue weighted by molar-refractivity contribution is -0.146. The summed E-state index contributed by atoms with van der Waals surface area (Å²) in [6.07, 6.45) is -2.14. The molecule has 1 aliphatic rings. The summed E-state index contributed by atoms with van der Waals surface area (Å²) in [6.45, 7) is 6.52. The van der Waals surface area contributed by atoms with E-state index in [1.54, 1.807) is 6.07 Å². The lowest BCUT2D eigenvalue weighted by Gasteiger charge is -2.33. The van der Waals surface area contributed by atoms with Crippen LogP contribution in [-0.2, 0) is 26.1 Å². The largest absolute Gasteiger partial charge is 0.449 e. The molecule has 3 aromatic rings. The fourth-order valence-electron chi connectivity index (χ4n) is 4.04. The van der Waals surface area contributed by atoms with Gasteiger partial charge in [-0.25, -0.2) is 4.98 Å². The average Bonchev–Trinajstić information content (AvgIpc) is 3.21. The van der Waals surface area contributed by atoms with Crippen molar-refractivity contribution in [2.24, 2.45) is 18.4 Å². The second kappa shape index (κ2) is 6.85. The maximum Gasteiger partial charge on any atom is 0.449 e. The summed E-state index contributed by atoms with van der Waals surface area (Å²) in [5.41, 5.74) is 1.97. The zero-order valence-electron chi connectivity index (χ0n) is 17.2. The van der Waals surface area contributed by atoms with Crippen LogP contribution in [0.2, 0.25) is 0 Å². The second-order valence-corrected chi connectivity index (χ2v) is 8.89. The van der Waals surface area contributed by atoms with Crippen molar-refractivity contribution in [3.63, 3.8) is 0 Å². The minimum absolute atomic E-state index is 0.100. The van der Waals surface area contributed by atoms with Crippen LogP contribution < -0.4 is 5.32 Å². The molecule has 1 aliphatic carbocycles. The summed E-state index contributed by atoms with van der Waals surface area (Å²) >= 11 is 0. The number of imidazole rings is 1. The molecular weight excluding hydrogens is 397 g/mol. The highest BCUT2D eigenvalue weighted by atomic mass is 19.4. The molecule has 1 amide bonds. The van der Waals surface area contributed by atoms with Gasteiger partial charge in [-0.1, -0.05) is 25.9 Å². The van der Waals surface area contributed by atoms with Gasteiger partial charge in [0.15, 0.2) is 5.69 Å². The number of carbonyl (C=O) groups is 1. The van der Waals surface area contributed by atoms with Gasteiger partial charge in [-0.2, -0.15) is 13.2 Å². The smallest absolute Gasteiger partial charge is 0.360 e. The van der Waals surface area contributed by atoms with E-state index in [4.69, 9.17) is 4.52 Å². The van der Waals surface area contributed by atoms with E-state index in [-0.39, 0.29) is 16.6 Å². The first-order chi connectivity index (χ1) is 13.9. The number of aromatic nitrogens is 3. The summed E-state index contributed by atoms with van der Waals surface area (Å²) in [6, 6.07) is 4.47. The molecule has 0 bridgehead atoms. The molecule has 6 nitrogen and oxygen atoms in total. The lowest BCUT2D eigenvalue weighted by Crippen LogP contribution is -2.27. The molecule has 160 valence electrons. The fourth-order valence-corrected chi connectivity index (χ4v) is 4.04. The SMILES string of the molecule is Cn1c(C(F)(F)F)nc2cc(NC(=O)c3noc4c3C[C@H](C(C)(C)C)CC4)ccc21. The van der Waals surface area contributed by atoms with Crippen molar-refractivity contribution in [1.82, 2.24) is 14.7 Å². The Labute approximate surface area is 171 Å². The van der Waals surface area contributed by atoms with Crippen LogP contribution in [-0.4, -0.2) is 20.6 Å². The van der Waals surface area contributed by atoms with E-state index >= 15 is 0 Å². The van der Waals surface area contributed by atoms with Crippen LogP contribution in [0.15, 0.2) is 22.7 Å². The Kier molecular flexibility index (Phi) is 4.67. The molecule has 0 spiro atoms. The van der Waals surface area contributed by atoms with Crippen LogP contribution in [0.25, 0.3) is 11.0 Å². The second-order valence-electron chi connectivity index (χ2n) is 8.89. The Morgan fingerprint density at radius 1 is 1.27 bits per heavy atom. The molecule has 2 aromatic heterocycles. The zero-order valence-corrected chi connectivity index (χ0v) is 17.2. The zero-order chi connectivity index (χ0) is 21.8. The third-order valence-electron chi connectivity index (χ3n) is 5.87. The molecule has 0 unspecified atom stereocenters. The number of hydrogen-bond acceptors (Lipinski definition) is 4. The Balaban J connectivity index is 1.60. The summed E-state index contributed by atoms with van der Waals surface area (Å²) in [5, 5.41) is 6.68. The first kappa shape index (κ1) is 20.4. The average molecular weight is 420 g/mol. The van der Waals surface area contributed by atoms with Gasteiger partial charge >= 0.3 is 6.18 Å². The number of halogens is 3. The van der Waals surface area contributed by atoms with Crippen LogP contribution in [0.1, 0.15) is 54.8 Å². The van der Waals surface area contributed by atoms with Crippen LogP contribution in [0.4, 0.5) is 18.9 Å². The molecular formula is C21H23F3N4O2. The molecule has 4 rings (SSSR count). The minimum atomic E-state index is -4.56. The maximum atomic E-state index is 13.1.